The maximum Gasteiger partial charge on any atom is 0.244 e. The molecule has 0 aromatic heterocycles. The molecule has 0 bridgehead atoms. The third-order valence-corrected chi connectivity index (χ3v) is 6.76. The van der Waals surface area contributed by atoms with Gasteiger partial charge in [-0.2, -0.15) is 0 Å². The average molecular weight is 474 g/mol. The summed E-state index contributed by atoms with van der Waals surface area (Å²) in [5, 5.41) is 13.7. The molecular weight excluding hydrogens is 441 g/mol. The Morgan fingerprint density at radius 3 is 1.86 bits per heavy atom. The second-order valence-electron chi connectivity index (χ2n) is 8.76. The lowest BCUT2D eigenvalue weighted by atomic mass is 9.79. The number of hydrogen-bond acceptors (Lipinski definition) is 6. The van der Waals surface area contributed by atoms with Crippen molar-refractivity contribution < 1.29 is 24.1 Å². The van der Waals surface area contributed by atoms with E-state index < -0.39 is 17.7 Å². The number of aliphatic hydroxyl groups excluding tert-OH is 1. The van der Waals surface area contributed by atoms with Crippen LogP contribution in [0.2, 0.25) is 0 Å². The summed E-state index contributed by atoms with van der Waals surface area (Å²) in [4.78, 5) is 0. The Bertz CT molecular complexity index is 1010. The first-order chi connectivity index (χ1) is 17.0. The van der Waals surface area contributed by atoms with E-state index in [1.54, 1.807) is 28.7 Å². The Morgan fingerprint density at radius 2 is 1.37 bits per heavy atom. The SMILES string of the molecule is CN[B][C@@H]1O[C@H](COC(c2ccccc2)(c2ccc(OC)cc2)c2ccc(OC)cc2)C(C)[C@@H]1O. The second kappa shape index (κ2) is 11.3. The van der Waals surface area contributed by atoms with Crippen molar-refractivity contribution in [3.8, 4) is 11.5 Å². The highest BCUT2D eigenvalue weighted by atomic mass is 16.6. The molecule has 1 radical (unpaired) electrons. The van der Waals surface area contributed by atoms with Crippen molar-refractivity contribution >= 4 is 7.41 Å². The normalized spacial score (nSPS) is 22.1. The molecule has 0 saturated carbocycles. The lowest BCUT2D eigenvalue weighted by molar-refractivity contribution is -0.0594. The number of rotatable bonds is 10. The lowest BCUT2D eigenvalue weighted by Gasteiger charge is -2.37. The quantitative estimate of drug-likeness (QED) is 0.346. The Morgan fingerprint density at radius 1 is 0.857 bits per heavy atom. The van der Waals surface area contributed by atoms with Gasteiger partial charge in [0.2, 0.25) is 7.41 Å². The molecule has 6 nitrogen and oxygen atoms in total. The van der Waals surface area contributed by atoms with Crippen molar-refractivity contribution in [3.05, 3.63) is 95.6 Å². The number of hydrogen-bond donors (Lipinski definition) is 2. The Labute approximate surface area is 208 Å². The zero-order valence-corrected chi connectivity index (χ0v) is 20.7. The highest BCUT2D eigenvalue weighted by Crippen LogP contribution is 2.42. The van der Waals surface area contributed by atoms with Crippen LogP contribution < -0.4 is 14.7 Å². The van der Waals surface area contributed by atoms with Crippen LogP contribution in [0.15, 0.2) is 78.9 Å². The molecule has 1 heterocycles. The van der Waals surface area contributed by atoms with E-state index in [1.807, 2.05) is 73.7 Å². The smallest absolute Gasteiger partial charge is 0.244 e. The average Bonchev–Trinajstić information content (AvgIpc) is 3.18. The molecule has 2 N–H and O–H groups in total. The summed E-state index contributed by atoms with van der Waals surface area (Å²) in [7, 11) is 6.89. The van der Waals surface area contributed by atoms with E-state index in [-0.39, 0.29) is 12.0 Å². The van der Waals surface area contributed by atoms with Crippen LogP contribution in [0.5, 0.6) is 11.5 Å². The van der Waals surface area contributed by atoms with E-state index in [2.05, 4.69) is 17.4 Å². The molecule has 0 amide bonds. The molecule has 1 fully saturated rings. The predicted molar refractivity (Wildman–Crippen MR) is 137 cm³/mol. The van der Waals surface area contributed by atoms with E-state index >= 15 is 0 Å². The van der Waals surface area contributed by atoms with Crippen LogP contribution in [0.3, 0.4) is 0 Å². The van der Waals surface area contributed by atoms with Crippen molar-refractivity contribution in [1.82, 2.24) is 5.23 Å². The number of nitrogens with one attached hydrogen (secondary N) is 1. The second-order valence-corrected chi connectivity index (χ2v) is 8.76. The molecule has 1 aliphatic heterocycles. The first-order valence-electron chi connectivity index (χ1n) is 11.9. The minimum Gasteiger partial charge on any atom is -0.497 e. The first kappa shape index (κ1) is 25.3. The molecular formula is C28H33BNO5. The third-order valence-electron chi connectivity index (χ3n) is 6.76. The number of benzene rings is 3. The fourth-order valence-corrected chi connectivity index (χ4v) is 4.70. The minimum absolute atomic E-state index is 0.0928. The predicted octanol–water partition coefficient (Wildman–Crippen LogP) is 3.57. The number of methoxy groups -OCH3 is 2. The van der Waals surface area contributed by atoms with Crippen molar-refractivity contribution in [2.24, 2.45) is 5.92 Å². The van der Waals surface area contributed by atoms with E-state index in [4.69, 9.17) is 18.9 Å². The van der Waals surface area contributed by atoms with Crippen molar-refractivity contribution in [2.75, 3.05) is 27.9 Å². The topological polar surface area (TPSA) is 69.2 Å². The summed E-state index contributed by atoms with van der Waals surface area (Å²) in [6, 6.07) is 25.6. The summed E-state index contributed by atoms with van der Waals surface area (Å²) >= 11 is 0. The standard InChI is InChI=1S/C28H33BNO5/c1-19-25(35-27(26(19)31)29-30-2)18-34-28(20-8-6-5-7-9-20,21-10-14-23(32-3)15-11-21)22-12-16-24(33-4)17-13-22/h5-17,19,25-27,30-31H,18H2,1-4H3/t19?,25-,26+,27-/m1/s1. The maximum absolute atomic E-state index is 10.7. The maximum atomic E-state index is 10.7. The van der Waals surface area contributed by atoms with E-state index in [0.717, 1.165) is 28.2 Å². The monoisotopic (exact) mass is 474 g/mol. The van der Waals surface area contributed by atoms with E-state index in [9.17, 15) is 5.11 Å². The Kier molecular flexibility index (Phi) is 8.13. The van der Waals surface area contributed by atoms with Crippen LogP contribution in [0.25, 0.3) is 0 Å². The van der Waals surface area contributed by atoms with Crippen molar-refractivity contribution in [1.29, 1.82) is 0 Å². The van der Waals surface area contributed by atoms with Crippen LogP contribution in [-0.4, -0.2) is 58.6 Å². The molecule has 183 valence electrons. The highest BCUT2D eigenvalue weighted by molar-refractivity contribution is 6.34. The molecule has 7 heteroatoms. The fourth-order valence-electron chi connectivity index (χ4n) is 4.70. The van der Waals surface area contributed by atoms with Gasteiger partial charge in [-0.05, 0) is 48.0 Å². The number of aliphatic hydroxyl groups is 1. The minimum atomic E-state index is -0.918. The molecule has 1 aliphatic rings. The van der Waals surface area contributed by atoms with Gasteiger partial charge >= 0.3 is 0 Å². The largest absolute Gasteiger partial charge is 0.497 e. The van der Waals surface area contributed by atoms with Crippen LogP contribution in [-0.2, 0) is 15.1 Å². The summed E-state index contributed by atoms with van der Waals surface area (Å²) in [6.45, 7) is 2.28. The van der Waals surface area contributed by atoms with Crippen LogP contribution in [0.1, 0.15) is 23.6 Å². The van der Waals surface area contributed by atoms with Gasteiger partial charge in [-0.1, -0.05) is 61.5 Å². The Balaban J connectivity index is 1.79. The van der Waals surface area contributed by atoms with Gasteiger partial charge in [0.05, 0.1) is 39.0 Å². The summed E-state index contributed by atoms with van der Waals surface area (Å²) in [5.74, 6) is 1.45. The van der Waals surface area contributed by atoms with Crippen LogP contribution in [0, 0.1) is 5.92 Å². The lowest BCUT2D eigenvalue weighted by Crippen LogP contribution is -2.37. The molecule has 1 saturated heterocycles. The highest BCUT2D eigenvalue weighted by Gasteiger charge is 2.44. The molecule has 3 aromatic carbocycles. The van der Waals surface area contributed by atoms with Crippen molar-refractivity contribution in [3.63, 3.8) is 0 Å². The molecule has 35 heavy (non-hydrogen) atoms. The van der Waals surface area contributed by atoms with E-state index in [1.165, 1.54) is 0 Å². The first-order valence-corrected chi connectivity index (χ1v) is 11.9. The molecule has 0 aliphatic carbocycles. The summed E-state index contributed by atoms with van der Waals surface area (Å²) in [6.07, 6.45) is -0.886. The zero-order valence-electron chi connectivity index (χ0n) is 20.7. The zero-order chi connectivity index (χ0) is 24.8. The number of ether oxygens (including phenoxy) is 4. The molecule has 4 rings (SSSR count). The molecule has 4 atom stereocenters. The van der Waals surface area contributed by atoms with Gasteiger partial charge in [0, 0.05) is 5.92 Å². The fraction of sp³-hybridized carbons (Fsp3) is 0.357. The van der Waals surface area contributed by atoms with Gasteiger partial charge in [0.15, 0.2) is 0 Å². The van der Waals surface area contributed by atoms with Crippen LogP contribution >= 0.6 is 0 Å². The third kappa shape index (κ3) is 5.09. The van der Waals surface area contributed by atoms with Gasteiger partial charge in [-0.25, -0.2) is 0 Å². The molecule has 1 unspecified atom stereocenters. The van der Waals surface area contributed by atoms with Gasteiger partial charge in [-0.15, -0.1) is 0 Å². The molecule has 0 spiro atoms. The van der Waals surface area contributed by atoms with Gasteiger partial charge in [-0.3, -0.25) is 0 Å². The van der Waals surface area contributed by atoms with Crippen molar-refractivity contribution in [2.45, 2.75) is 30.7 Å². The van der Waals surface area contributed by atoms with Gasteiger partial charge in [0.25, 0.3) is 0 Å². The molecule has 3 aromatic rings. The Hall–Kier alpha value is -2.84. The van der Waals surface area contributed by atoms with Crippen LogP contribution in [0.4, 0.5) is 0 Å². The summed E-state index contributed by atoms with van der Waals surface area (Å²) in [5.41, 5.74) is 1.98. The van der Waals surface area contributed by atoms with Gasteiger partial charge < -0.3 is 29.3 Å². The van der Waals surface area contributed by atoms with E-state index in [0.29, 0.717) is 6.61 Å². The van der Waals surface area contributed by atoms with Gasteiger partial charge in [0.1, 0.15) is 17.1 Å². The summed E-state index contributed by atoms with van der Waals surface area (Å²) < 4.78 is 23.9.